The minimum atomic E-state index is -1.70. The van der Waals surface area contributed by atoms with Crippen molar-refractivity contribution in [2.45, 2.75) is 174 Å². The van der Waals surface area contributed by atoms with Gasteiger partial charge in [0.1, 0.15) is 48.1 Å². The number of ether oxygens (including phenoxy) is 4. The number of rotatable bonds is 6. The molecule has 2 heterocycles. The highest BCUT2D eigenvalue weighted by Crippen LogP contribution is 2.76. The summed E-state index contributed by atoms with van der Waals surface area (Å²) in [4.78, 5) is 13.1. The number of aliphatic hydroxyl groups is 7. The van der Waals surface area contributed by atoms with Gasteiger partial charge in [0.25, 0.3) is 0 Å². The van der Waals surface area contributed by atoms with E-state index in [0.717, 1.165) is 38.5 Å². The standard InChI is InChI=1S/C41H66O13/c1-36(2)14-15-41(35(49)50)21(16-36)20-8-9-25-38(5)12-11-27(37(3,4)24(38)10-13-39(25,6)40(20,7)17-26(41)44)53-33-31(48)32(22(43)19-51-33)54-34-30(47)29(46)28(45)23(18-42)52-34/h8,21-34,42-48H,9-19H2,1-7H3,(H,49,50)/t21?,22-,23+,24?,25?,26+,27-,28+,29-,30+,31+,32-,33-,34-,38-,39+,40+,41+/m0/s1. The quantitative estimate of drug-likeness (QED) is 0.144. The summed E-state index contributed by atoms with van der Waals surface area (Å²) in [7, 11) is 0. The van der Waals surface area contributed by atoms with E-state index < -0.39 is 79.4 Å². The molecule has 2 saturated heterocycles. The topological polar surface area (TPSA) is 216 Å². The lowest BCUT2D eigenvalue weighted by Crippen LogP contribution is -2.68. The summed E-state index contributed by atoms with van der Waals surface area (Å²) in [6, 6.07) is 0. The van der Waals surface area contributed by atoms with E-state index in [2.05, 4.69) is 54.5 Å². The smallest absolute Gasteiger partial charge is 0.312 e. The first-order valence-corrected chi connectivity index (χ1v) is 20.3. The summed E-state index contributed by atoms with van der Waals surface area (Å²) in [6.07, 6.45) is -5.10. The molecule has 54 heavy (non-hydrogen) atoms. The van der Waals surface area contributed by atoms with Crippen molar-refractivity contribution in [2.24, 2.45) is 50.2 Å². The van der Waals surface area contributed by atoms with Gasteiger partial charge in [0.2, 0.25) is 0 Å². The van der Waals surface area contributed by atoms with E-state index in [1.54, 1.807) is 0 Å². The van der Waals surface area contributed by atoms with Crippen molar-refractivity contribution >= 4 is 5.97 Å². The molecule has 3 unspecified atom stereocenters. The Balaban J connectivity index is 1.11. The first-order valence-electron chi connectivity index (χ1n) is 20.3. The summed E-state index contributed by atoms with van der Waals surface area (Å²) in [5.41, 5.74) is -0.858. The lowest BCUT2D eigenvalue weighted by atomic mass is 9.33. The molecule has 13 heteroatoms. The number of allylic oxidation sites excluding steroid dienone is 2. The molecule has 8 N–H and O–H groups in total. The minimum absolute atomic E-state index is 0.00791. The number of hydrogen-bond acceptors (Lipinski definition) is 12. The molecule has 0 aromatic carbocycles. The Hall–Kier alpha value is -1.23. The van der Waals surface area contributed by atoms with Gasteiger partial charge >= 0.3 is 5.97 Å². The maximum atomic E-state index is 13.1. The van der Waals surface area contributed by atoms with Crippen LogP contribution >= 0.6 is 0 Å². The van der Waals surface area contributed by atoms with Crippen LogP contribution in [0.3, 0.4) is 0 Å². The summed E-state index contributed by atoms with van der Waals surface area (Å²) in [5, 5.41) is 85.5. The Bertz CT molecular complexity index is 1470. The van der Waals surface area contributed by atoms with Crippen molar-refractivity contribution in [3.8, 4) is 0 Å². The van der Waals surface area contributed by atoms with Gasteiger partial charge in [0.15, 0.2) is 12.6 Å². The number of hydrogen-bond donors (Lipinski definition) is 8. The Morgan fingerprint density at radius 3 is 2.19 bits per heavy atom. The number of aliphatic carboxylic acids is 1. The molecular formula is C41H66O13. The van der Waals surface area contributed by atoms with Crippen LogP contribution in [0.4, 0.5) is 0 Å². The molecule has 5 aliphatic carbocycles. The molecule has 0 bridgehead atoms. The molecule has 13 nitrogen and oxygen atoms in total. The van der Waals surface area contributed by atoms with Gasteiger partial charge in [-0.3, -0.25) is 4.79 Å². The monoisotopic (exact) mass is 766 g/mol. The van der Waals surface area contributed by atoms with E-state index >= 15 is 0 Å². The Labute approximate surface area is 319 Å². The fraction of sp³-hybridized carbons (Fsp3) is 0.927. The number of carbonyl (C=O) groups is 1. The summed E-state index contributed by atoms with van der Waals surface area (Å²) in [5.74, 6) is -0.532. The van der Waals surface area contributed by atoms with Gasteiger partial charge in [0, 0.05) is 0 Å². The predicted molar refractivity (Wildman–Crippen MR) is 193 cm³/mol. The largest absolute Gasteiger partial charge is 0.481 e. The molecule has 308 valence electrons. The first-order chi connectivity index (χ1) is 25.1. The predicted octanol–water partition coefficient (Wildman–Crippen LogP) is 2.49. The fourth-order valence-corrected chi connectivity index (χ4v) is 13.5. The molecule has 7 aliphatic rings. The normalized spacial score (nSPS) is 53.9. The third kappa shape index (κ3) is 5.84. The highest BCUT2D eigenvalue weighted by atomic mass is 16.7. The van der Waals surface area contributed by atoms with Crippen LogP contribution in [-0.2, 0) is 23.7 Å². The minimum Gasteiger partial charge on any atom is -0.481 e. The zero-order valence-electron chi connectivity index (χ0n) is 33.1. The van der Waals surface area contributed by atoms with E-state index in [9.17, 15) is 45.6 Å². The molecule has 18 atom stereocenters. The van der Waals surface area contributed by atoms with Crippen molar-refractivity contribution in [2.75, 3.05) is 13.2 Å². The van der Waals surface area contributed by atoms with Crippen LogP contribution in [0.2, 0.25) is 0 Å². The van der Waals surface area contributed by atoms with Crippen LogP contribution in [0.15, 0.2) is 11.6 Å². The van der Waals surface area contributed by atoms with Crippen LogP contribution in [-0.4, -0.2) is 128 Å². The number of aliphatic hydroxyl groups excluding tert-OH is 7. The zero-order chi connectivity index (χ0) is 39.6. The van der Waals surface area contributed by atoms with Crippen LogP contribution in [0.25, 0.3) is 0 Å². The van der Waals surface area contributed by atoms with Crippen LogP contribution in [0, 0.1) is 50.2 Å². The van der Waals surface area contributed by atoms with Gasteiger partial charge < -0.3 is 59.8 Å². The Morgan fingerprint density at radius 1 is 0.815 bits per heavy atom. The molecule has 0 aromatic rings. The molecule has 2 aliphatic heterocycles. The highest BCUT2D eigenvalue weighted by molar-refractivity contribution is 5.77. The van der Waals surface area contributed by atoms with E-state index in [0.29, 0.717) is 25.2 Å². The van der Waals surface area contributed by atoms with Crippen molar-refractivity contribution in [1.82, 2.24) is 0 Å². The molecule has 0 aromatic heterocycles. The first kappa shape index (κ1) is 40.9. The fourth-order valence-electron chi connectivity index (χ4n) is 13.5. The lowest BCUT2D eigenvalue weighted by molar-refractivity contribution is -0.357. The summed E-state index contributed by atoms with van der Waals surface area (Å²) in [6.45, 7) is 15.2. The Kier molecular flexibility index (Phi) is 10.4. The molecule has 6 fully saturated rings. The second-order valence-electron chi connectivity index (χ2n) is 20.3. The number of fused-ring (bicyclic) bond motifs is 7. The average Bonchev–Trinajstić information content (AvgIpc) is 3.08. The second-order valence-corrected chi connectivity index (χ2v) is 20.3. The van der Waals surface area contributed by atoms with E-state index in [1.807, 2.05) is 0 Å². The molecule has 4 saturated carbocycles. The van der Waals surface area contributed by atoms with E-state index in [1.165, 1.54) is 5.57 Å². The lowest BCUT2D eigenvalue weighted by Gasteiger charge is -2.71. The molecule has 0 spiro atoms. The molecule has 7 rings (SSSR count). The number of carboxylic acid groups (broad SMARTS) is 1. The van der Waals surface area contributed by atoms with Crippen molar-refractivity contribution in [1.29, 1.82) is 0 Å². The van der Waals surface area contributed by atoms with Crippen molar-refractivity contribution < 1.29 is 64.6 Å². The summed E-state index contributed by atoms with van der Waals surface area (Å²) < 4.78 is 23.8. The van der Waals surface area contributed by atoms with Gasteiger partial charge in [-0.1, -0.05) is 60.1 Å². The molecular weight excluding hydrogens is 700 g/mol. The SMILES string of the molecule is CC1(C)CC[C@@]2(C(=O)O)C(C1)C1=CCC3[C@@]4(C)CC[C@H](O[C@@H]5OC[C@H](O)[C@H](O[C@@H]6O[C@H](CO)[C@@H](O)[C@H](O)[C@H]6O)[C@H]5O)C(C)(C)C4CC[C@@]3(C)[C@]1(C)C[C@H]2O. The van der Waals surface area contributed by atoms with Gasteiger partial charge in [-0.05, 0) is 103 Å². The summed E-state index contributed by atoms with van der Waals surface area (Å²) >= 11 is 0. The van der Waals surface area contributed by atoms with E-state index in [-0.39, 0.29) is 51.6 Å². The average molecular weight is 767 g/mol. The van der Waals surface area contributed by atoms with Crippen LogP contribution in [0.1, 0.15) is 106 Å². The van der Waals surface area contributed by atoms with Crippen molar-refractivity contribution in [3.05, 3.63) is 11.6 Å². The third-order valence-electron chi connectivity index (χ3n) is 16.9. The highest BCUT2D eigenvalue weighted by Gasteiger charge is 2.71. The Morgan fingerprint density at radius 2 is 1.52 bits per heavy atom. The second kappa shape index (κ2) is 13.7. The van der Waals surface area contributed by atoms with Gasteiger partial charge in [0.05, 0.1) is 25.4 Å². The third-order valence-corrected chi connectivity index (χ3v) is 16.9. The van der Waals surface area contributed by atoms with Gasteiger partial charge in [-0.25, -0.2) is 0 Å². The van der Waals surface area contributed by atoms with E-state index in [4.69, 9.17) is 18.9 Å². The number of carboxylic acids is 1. The maximum Gasteiger partial charge on any atom is 0.312 e. The molecule has 0 amide bonds. The van der Waals surface area contributed by atoms with Crippen LogP contribution < -0.4 is 0 Å². The van der Waals surface area contributed by atoms with Crippen LogP contribution in [0.5, 0.6) is 0 Å². The molecule has 0 radical (unpaired) electrons. The van der Waals surface area contributed by atoms with Crippen molar-refractivity contribution in [3.63, 3.8) is 0 Å². The maximum absolute atomic E-state index is 13.1. The van der Waals surface area contributed by atoms with Gasteiger partial charge in [-0.15, -0.1) is 0 Å². The zero-order valence-corrected chi connectivity index (χ0v) is 33.1. The van der Waals surface area contributed by atoms with Gasteiger partial charge in [-0.2, -0.15) is 0 Å².